The second-order valence-electron chi connectivity index (χ2n) is 9.07. The molecule has 13 heteroatoms. The molecule has 1 fully saturated rings. The number of benzene rings is 3. The number of morpholine rings is 1. The number of nitrogens with two attached hydrogens (primary N) is 2. The fourth-order valence-electron chi connectivity index (χ4n) is 4.55. The molecular weight excluding hydrogens is 534 g/mol. The summed E-state index contributed by atoms with van der Waals surface area (Å²) in [5.41, 5.74) is 11.5. The predicted molar refractivity (Wildman–Crippen MR) is 140 cm³/mol. The largest absolute Gasteiger partial charge is 0.488 e. The smallest absolute Gasteiger partial charge is 0.416 e. The maximum atomic E-state index is 14.5. The van der Waals surface area contributed by atoms with E-state index in [0.717, 1.165) is 13.1 Å². The van der Waals surface area contributed by atoms with Crippen LogP contribution in [0.2, 0.25) is 0 Å². The molecule has 1 saturated heterocycles. The number of hydrogen-bond acceptors (Lipinski definition) is 7. The zero-order valence-corrected chi connectivity index (χ0v) is 21.1. The summed E-state index contributed by atoms with van der Waals surface area (Å²) in [6.45, 7) is 4.15. The van der Waals surface area contributed by atoms with Gasteiger partial charge in [-0.05, 0) is 53.6 Å². The van der Waals surface area contributed by atoms with Gasteiger partial charge in [-0.1, -0.05) is 17.3 Å². The maximum Gasteiger partial charge on any atom is 0.416 e. The zero-order valence-electron chi connectivity index (χ0n) is 21.1. The van der Waals surface area contributed by atoms with E-state index in [1.807, 2.05) is 0 Å². The van der Waals surface area contributed by atoms with Crippen molar-refractivity contribution in [1.29, 1.82) is 0 Å². The van der Waals surface area contributed by atoms with Gasteiger partial charge in [0.05, 0.1) is 35.5 Å². The van der Waals surface area contributed by atoms with E-state index >= 15 is 0 Å². The van der Waals surface area contributed by atoms with E-state index in [0.29, 0.717) is 77.3 Å². The van der Waals surface area contributed by atoms with Gasteiger partial charge < -0.3 is 25.5 Å². The molecule has 0 atom stereocenters. The summed E-state index contributed by atoms with van der Waals surface area (Å²) in [6, 6.07) is 10.2. The van der Waals surface area contributed by atoms with Crippen LogP contribution < -0.4 is 21.1 Å². The topological polar surface area (TPSA) is 120 Å². The Balaban J connectivity index is 1.42. The summed E-state index contributed by atoms with van der Waals surface area (Å²) in [6.07, 6.45) is -4.74. The molecule has 1 aliphatic rings. The van der Waals surface area contributed by atoms with Gasteiger partial charge in [0.1, 0.15) is 12.4 Å². The Morgan fingerprint density at radius 3 is 2.48 bits per heavy atom. The zero-order chi connectivity index (χ0) is 28.4. The van der Waals surface area contributed by atoms with E-state index in [9.17, 15) is 22.4 Å². The van der Waals surface area contributed by atoms with E-state index in [2.05, 4.69) is 10.1 Å². The van der Waals surface area contributed by atoms with Crippen molar-refractivity contribution in [2.75, 3.05) is 50.1 Å². The molecule has 1 aromatic heterocycles. The van der Waals surface area contributed by atoms with Gasteiger partial charge in [0.25, 0.3) is 0 Å². The van der Waals surface area contributed by atoms with E-state index in [4.69, 9.17) is 25.5 Å². The average Bonchev–Trinajstić information content (AvgIpc) is 3.32. The van der Waals surface area contributed by atoms with Crippen molar-refractivity contribution in [3.63, 3.8) is 0 Å². The van der Waals surface area contributed by atoms with Crippen LogP contribution in [0, 0.1) is 5.82 Å². The second kappa shape index (κ2) is 11.0. The van der Waals surface area contributed by atoms with Crippen molar-refractivity contribution < 1.29 is 36.4 Å². The summed E-state index contributed by atoms with van der Waals surface area (Å²) >= 11 is 0. The van der Waals surface area contributed by atoms with Crippen LogP contribution >= 0.6 is 0 Å². The molecule has 3 aromatic carbocycles. The standard InChI is InChI=1S/C27H25F4N5O4/c28-20-7-3-17(27(29,30)31)15-21(20)36(26(33)37)18-4-1-16(2-5-18)19-6-8-22(24-23(19)25(32)34-40-24)39-14-11-35-9-12-38-13-10-35/h1-8,15H,9-14H2,(H2,32,34)(H2,33,37). The Labute approximate surface area is 225 Å². The van der Waals surface area contributed by atoms with Crippen LogP contribution in [0.1, 0.15) is 5.56 Å². The van der Waals surface area contributed by atoms with Crippen molar-refractivity contribution in [1.82, 2.24) is 10.1 Å². The number of fused-ring (bicyclic) bond motifs is 1. The number of anilines is 3. The number of hydrogen-bond donors (Lipinski definition) is 2. The highest BCUT2D eigenvalue weighted by Crippen LogP contribution is 2.40. The fraction of sp³-hybridized carbons (Fsp3) is 0.259. The summed E-state index contributed by atoms with van der Waals surface area (Å²) in [5, 5.41) is 4.39. The van der Waals surface area contributed by atoms with Gasteiger partial charge >= 0.3 is 12.2 Å². The Hall–Kier alpha value is -4.36. The second-order valence-corrected chi connectivity index (χ2v) is 9.07. The first-order valence-corrected chi connectivity index (χ1v) is 12.3. The first-order valence-electron chi connectivity index (χ1n) is 12.3. The van der Waals surface area contributed by atoms with Gasteiger partial charge in [0, 0.05) is 19.6 Å². The van der Waals surface area contributed by atoms with Gasteiger partial charge in [-0.2, -0.15) is 13.2 Å². The predicted octanol–water partition coefficient (Wildman–Crippen LogP) is 5.16. The molecule has 0 bridgehead atoms. The summed E-state index contributed by atoms with van der Waals surface area (Å²) in [7, 11) is 0. The summed E-state index contributed by atoms with van der Waals surface area (Å²) in [5.74, 6) is -0.440. The third-order valence-electron chi connectivity index (χ3n) is 6.55. The van der Waals surface area contributed by atoms with E-state index in [1.165, 1.54) is 12.1 Å². The van der Waals surface area contributed by atoms with Gasteiger partial charge in [-0.3, -0.25) is 9.80 Å². The number of aromatic nitrogens is 1. The molecule has 210 valence electrons. The molecule has 40 heavy (non-hydrogen) atoms. The lowest BCUT2D eigenvalue weighted by molar-refractivity contribution is -0.137. The number of urea groups is 1. The van der Waals surface area contributed by atoms with Gasteiger partial charge in [-0.15, -0.1) is 0 Å². The first-order chi connectivity index (χ1) is 19.1. The fourth-order valence-corrected chi connectivity index (χ4v) is 4.55. The summed E-state index contributed by atoms with van der Waals surface area (Å²) < 4.78 is 71.0. The average molecular weight is 560 g/mol. The molecular formula is C27H25F4N5O4. The quantitative estimate of drug-likeness (QED) is 0.300. The Morgan fingerprint density at radius 1 is 1.07 bits per heavy atom. The Morgan fingerprint density at radius 2 is 1.80 bits per heavy atom. The van der Waals surface area contributed by atoms with Crippen LogP contribution in [0.5, 0.6) is 5.75 Å². The molecule has 2 heterocycles. The molecule has 1 aliphatic heterocycles. The molecule has 0 spiro atoms. The number of nitrogen functional groups attached to an aromatic ring is 1. The van der Waals surface area contributed by atoms with E-state index in [-0.39, 0.29) is 11.5 Å². The molecule has 4 aromatic rings. The molecule has 0 radical (unpaired) electrons. The highest BCUT2D eigenvalue weighted by molar-refractivity contribution is 6.04. The molecule has 2 amide bonds. The van der Waals surface area contributed by atoms with Crippen LogP contribution in [-0.4, -0.2) is 55.5 Å². The minimum atomic E-state index is -4.74. The molecule has 0 saturated carbocycles. The normalized spacial score (nSPS) is 14.4. The highest BCUT2D eigenvalue weighted by Gasteiger charge is 2.32. The van der Waals surface area contributed by atoms with Crippen molar-refractivity contribution >= 4 is 34.2 Å². The van der Waals surface area contributed by atoms with Gasteiger partial charge in [-0.25, -0.2) is 9.18 Å². The van der Waals surface area contributed by atoms with Crippen LogP contribution in [-0.2, 0) is 10.9 Å². The Kier molecular flexibility index (Phi) is 7.50. The minimum absolute atomic E-state index is 0.0621. The van der Waals surface area contributed by atoms with Crippen molar-refractivity contribution in [2.45, 2.75) is 6.18 Å². The molecule has 5 rings (SSSR count). The number of amides is 2. The number of primary amides is 1. The number of halogens is 4. The number of carbonyl (C=O) groups is 1. The highest BCUT2D eigenvalue weighted by atomic mass is 19.4. The van der Waals surface area contributed by atoms with Crippen molar-refractivity contribution in [2.24, 2.45) is 5.73 Å². The monoisotopic (exact) mass is 559 g/mol. The molecule has 0 unspecified atom stereocenters. The van der Waals surface area contributed by atoms with Crippen LogP contribution in [0.25, 0.3) is 22.1 Å². The van der Waals surface area contributed by atoms with E-state index < -0.39 is 29.3 Å². The van der Waals surface area contributed by atoms with Crippen LogP contribution in [0.4, 0.5) is 39.5 Å². The third kappa shape index (κ3) is 5.51. The van der Waals surface area contributed by atoms with E-state index in [1.54, 1.807) is 24.3 Å². The molecule has 0 aliphatic carbocycles. The van der Waals surface area contributed by atoms with Crippen LogP contribution in [0.3, 0.4) is 0 Å². The minimum Gasteiger partial charge on any atom is -0.488 e. The maximum absolute atomic E-state index is 14.5. The third-order valence-corrected chi connectivity index (χ3v) is 6.55. The Bertz CT molecular complexity index is 1520. The lowest BCUT2D eigenvalue weighted by Gasteiger charge is -2.26. The molecule has 4 N–H and O–H groups in total. The van der Waals surface area contributed by atoms with Crippen LogP contribution in [0.15, 0.2) is 59.1 Å². The number of ether oxygens (including phenoxy) is 2. The number of nitrogens with zero attached hydrogens (tertiary/aromatic N) is 3. The number of carbonyl (C=O) groups excluding carboxylic acids is 1. The number of alkyl halides is 3. The van der Waals surface area contributed by atoms with Gasteiger partial charge in [0.15, 0.2) is 11.6 Å². The van der Waals surface area contributed by atoms with Crippen molar-refractivity contribution in [3.8, 4) is 16.9 Å². The SMILES string of the molecule is NC(=O)N(c1ccc(-c2ccc(OCCN3CCOCC3)c3onc(N)c23)cc1)c1cc(C(F)(F)F)ccc1F. The lowest BCUT2D eigenvalue weighted by atomic mass is 10.0. The number of rotatable bonds is 7. The summed E-state index contributed by atoms with van der Waals surface area (Å²) in [4.78, 5) is 15.1. The first kappa shape index (κ1) is 27.2. The lowest BCUT2D eigenvalue weighted by Crippen LogP contribution is -2.38. The van der Waals surface area contributed by atoms with Gasteiger partial charge in [0.2, 0.25) is 5.58 Å². The molecule has 9 nitrogen and oxygen atoms in total. The van der Waals surface area contributed by atoms with Crippen molar-refractivity contribution in [3.05, 3.63) is 66.0 Å².